The van der Waals surface area contributed by atoms with Crippen LogP contribution in [0.3, 0.4) is 0 Å². The lowest BCUT2D eigenvalue weighted by Gasteiger charge is -2.17. The maximum absolute atomic E-state index is 12.1. The van der Waals surface area contributed by atoms with E-state index < -0.39 is 0 Å². The molecule has 1 amide bonds. The first kappa shape index (κ1) is 17.2. The summed E-state index contributed by atoms with van der Waals surface area (Å²) in [5.74, 6) is 0.646. The Morgan fingerprint density at radius 3 is 2.56 bits per heavy atom. The standard InChI is InChI=1S/C19H25N5O/c1-14(2)13-21-18(25)17-9-10-20-19(23-17)22-15-5-7-16(8-6-15)24-11-3-4-12-24/h5-10,14H,3-4,11-13H2,1-2H3,(H,21,25)(H,20,22,23). The van der Waals surface area contributed by atoms with Crippen LogP contribution in [0.1, 0.15) is 37.2 Å². The zero-order chi connectivity index (χ0) is 17.6. The summed E-state index contributed by atoms with van der Waals surface area (Å²) in [5.41, 5.74) is 2.51. The van der Waals surface area contributed by atoms with Crippen LogP contribution in [0.25, 0.3) is 0 Å². The average Bonchev–Trinajstić information content (AvgIpc) is 3.15. The lowest BCUT2D eigenvalue weighted by Crippen LogP contribution is -2.28. The minimum absolute atomic E-state index is 0.177. The van der Waals surface area contributed by atoms with E-state index in [0.717, 1.165) is 18.8 Å². The number of hydrogen-bond acceptors (Lipinski definition) is 5. The van der Waals surface area contributed by atoms with Gasteiger partial charge in [-0.1, -0.05) is 13.8 Å². The molecule has 1 aromatic heterocycles. The molecular formula is C19H25N5O. The van der Waals surface area contributed by atoms with Crippen molar-refractivity contribution in [1.82, 2.24) is 15.3 Å². The second kappa shape index (κ2) is 7.96. The summed E-state index contributed by atoms with van der Waals surface area (Å²) in [6, 6.07) is 9.86. The second-order valence-electron chi connectivity index (χ2n) is 6.74. The number of benzene rings is 1. The Labute approximate surface area is 148 Å². The third-order valence-electron chi connectivity index (χ3n) is 4.15. The molecule has 0 unspecified atom stereocenters. The van der Waals surface area contributed by atoms with Crippen LogP contribution < -0.4 is 15.5 Å². The first-order chi connectivity index (χ1) is 12.1. The zero-order valence-electron chi connectivity index (χ0n) is 14.8. The van der Waals surface area contributed by atoms with E-state index in [-0.39, 0.29) is 5.91 Å². The molecular weight excluding hydrogens is 314 g/mol. The van der Waals surface area contributed by atoms with Crippen molar-refractivity contribution >= 4 is 23.2 Å². The Morgan fingerprint density at radius 1 is 1.16 bits per heavy atom. The molecule has 1 aromatic carbocycles. The first-order valence-electron chi connectivity index (χ1n) is 8.85. The SMILES string of the molecule is CC(C)CNC(=O)c1ccnc(Nc2ccc(N3CCCC3)cc2)n1. The van der Waals surface area contributed by atoms with E-state index in [1.54, 1.807) is 12.3 Å². The molecule has 6 heteroatoms. The molecule has 1 saturated heterocycles. The van der Waals surface area contributed by atoms with Crippen LogP contribution in [0.2, 0.25) is 0 Å². The van der Waals surface area contributed by atoms with Crippen molar-refractivity contribution in [1.29, 1.82) is 0 Å². The van der Waals surface area contributed by atoms with Crippen LogP contribution >= 0.6 is 0 Å². The van der Waals surface area contributed by atoms with Crippen LogP contribution in [0.5, 0.6) is 0 Å². The Hall–Kier alpha value is -2.63. The Balaban J connectivity index is 1.64. The summed E-state index contributed by atoms with van der Waals surface area (Å²) >= 11 is 0. The molecule has 25 heavy (non-hydrogen) atoms. The second-order valence-corrected chi connectivity index (χ2v) is 6.74. The summed E-state index contributed by atoms with van der Waals surface area (Å²) in [5, 5.41) is 6.03. The fraction of sp³-hybridized carbons (Fsp3) is 0.421. The molecule has 6 nitrogen and oxygen atoms in total. The number of rotatable bonds is 6. The van der Waals surface area contributed by atoms with Gasteiger partial charge in [0.1, 0.15) is 5.69 Å². The van der Waals surface area contributed by atoms with Gasteiger partial charge in [-0.05, 0) is 49.1 Å². The number of nitrogens with one attached hydrogen (secondary N) is 2. The van der Waals surface area contributed by atoms with E-state index in [4.69, 9.17) is 0 Å². The Morgan fingerprint density at radius 2 is 1.88 bits per heavy atom. The molecule has 1 aliphatic rings. The molecule has 2 N–H and O–H groups in total. The Bertz CT molecular complexity index is 708. The molecule has 2 heterocycles. The highest BCUT2D eigenvalue weighted by Crippen LogP contribution is 2.23. The molecule has 1 fully saturated rings. The molecule has 0 bridgehead atoms. The number of carbonyl (C=O) groups is 1. The third kappa shape index (κ3) is 4.68. The summed E-state index contributed by atoms with van der Waals surface area (Å²) in [6.07, 6.45) is 4.12. The number of amides is 1. The fourth-order valence-corrected chi connectivity index (χ4v) is 2.79. The maximum Gasteiger partial charge on any atom is 0.270 e. The van der Waals surface area contributed by atoms with E-state index >= 15 is 0 Å². The number of carbonyl (C=O) groups excluding carboxylic acids is 1. The van der Waals surface area contributed by atoms with Gasteiger partial charge in [-0.15, -0.1) is 0 Å². The predicted molar refractivity (Wildman–Crippen MR) is 100 cm³/mol. The molecule has 0 radical (unpaired) electrons. The first-order valence-corrected chi connectivity index (χ1v) is 8.85. The van der Waals surface area contributed by atoms with Gasteiger partial charge in [0.25, 0.3) is 5.91 Å². The summed E-state index contributed by atoms with van der Waals surface area (Å²) in [7, 11) is 0. The highest BCUT2D eigenvalue weighted by molar-refractivity contribution is 5.92. The highest BCUT2D eigenvalue weighted by atomic mass is 16.1. The van der Waals surface area contributed by atoms with Gasteiger partial charge in [-0.25, -0.2) is 9.97 Å². The number of nitrogens with zero attached hydrogens (tertiary/aromatic N) is 3. The van der Waals surface area contributed by atoms with Gasteiger partial charge in [0, 0.05) is 37.2 Å². The quantitative estimate of drug-likeness (QED) is 0.846. The lowest BCUT2D eigenvalue weighted by molar-refractivity contribution is 0.0944. The minimum atomic E-state index is -0.177. The summed E-state index contributed by atoms with van der Waals surface area (Å²) in [4.78, 5) is 23.0. The van der Waals surface area contributed by atoms with Crippen molar-refractivity contribution in [3.63, 3.8) is 0 Å². The van der Waals surface area contributed by atoms with Crippen molar-refractivity contribution in [2.45, 2.75) is 26.7 Å². The van der Waals surface area contributed by atoms with Crippen molar-refractivity contribution < 1.29 is 4.79 Å². The van der Waals surface area contributed by atoms with E-state index in [0.29, 0.717) is 24.1 Å². The molecule has 0 saturated carbocycles. The van der Waals surface area contributed by atoms with Crippen molar-refractivity contribution in [2.75, 3.05) is 29.9 Å². The van der Waals surface area contributed by atoms with E-state index in [1.807, 2.05) is 12.1 Å². The van der Waals surface area contributed by atoms with E-state index in [1.165, 1.54) is 18.5 Å². The van der Waals surface area contributed by atoms with Gasteiger partial charge in [0.2, 0.25) is 5.95 Å². The van der Waals surface area contributed by atoms with Gasteiger partial charge in [0.15, 0.2) is 0 Å². The Kier molecular flexibility index (Phi) is 5.48. The zero-order valence-corrected chi connectivity index (χ0v) is 14.8. The van der Waals surface area contributed by atoms with Crippen molar-refractivity contribution in [3.05, 3.63) is 42.2 Å². The van der Waals surface area contributed by atoms with Gasteiger partial charge in [-0.3, -0.25) is 4.79 Å². The fourth-order valence-electron chi connectivity index (χ4n) is 2.79. The molecule has 2 aromatic rings. The molecule has 0 atom stereocenters. The largest absolute Gasteiger partial charge is 0.372 e. The molecule has 132 valence electrons. The molecule has 1 aliphatic heterocycles. The number of aromatic nitrogens is 2. The van der Waals surface area contributed by atoms with Crippen LogP contribution in [0, 0.1) is 5.92 Å². The molecule has 3 rings (SSSR count). The third-order valence-corrected chi connectivity index (χ3v) is 4.15. The van der Waals surface area contributed by atoms with Gasteiger partial charge in [-0.2, -0.15) is 0 Å². The van der Waals surface area contributed by atoms with Gasteiger partial charge < -0.3 is 15.5 Å². The van der Waals surface area contributed by atoms with Crippen molar-refractivity contribution in [2.24, 2.45) is 5.92 Å². The number of hydrogen-bond donors (Lipinski definition) is 2. The molecule has 0 spiro atoms. The summed E-state index contributed by atoms with van der Waals surface area (Å²) in [6.45, 7) is 6.99. The van der Waals surface area contributed by atoms with Gasteiger partial charge >= 0.3 is 0 Å². The van der Waals surface area contributed by atoms with E-state index in [2.05, 4.69) is 51.5 Å². The maximum atomic E-state index is 12.1. The monoisotopic (exact) mass is 339 g/mol. The number of anilines is 3. The summed E-state index contributed by atoms with van der Waals surface area (Å²) < 4.78 is 0. The normalized spacial score (nSPS) is 14.0. The van der Waals surface area contributed by atoms with Crippen LogP contribution in [-0.4, -0.2) is 35.5 Å². The van der Waals surface area contributed by atoms with Gasteiger partial charge in [0.05, 0.1) is 0 Å². The predicted octanol–water partition coefficient (Wildman–Crippen LogP) is 3.21. The molecule has 0 aliphatic carbocycles. The average molecular weight is 339 g/mol. The minimum Gasteiger partial charge on any atom is -0.372 e. The van der Waals surface area contributed by atoms with Crippen LogP contribution in [0.15, 0.2) is 36.5 Å². The highest BCUT2D eigenvalue weighted by Gasteiger charge is 2.12. The van der Waals surface area contributed by atoms with E-state index in [9.17, 15) is 4.79 Å². The van der Waals surface area contributed by atoms with Crippen LogP contribution in [0.4, 0.5) is 17.3 Å². The topological polar surface area (TPSA) is 70.2 Å². The smallest absolute Gasteiger partial charge is 0.270 e. The lowest BCUT2D eigenvalue weighted by atomic mass is 10.2. The van der Waals surface area contributed by atoms with Crippen molar-refractivity contribution in [3.8, 4) is 0 Å². The van der Waals surface area contributed by atoms with Crippen LogP contribution in [-0.2, 0) is 0 Å².